The van der Waals surface area contributed by atoms with Crippen molar-refractivity contribution in [3.8, 4) is 11.5 Å². The first-order valence-electron chi connectivity index (χ1n) is 16.3. The number of aliphatic hydroxyl groups is 2. The zero-order chi connectivity index (χ0) is 32.1. The third kappa shape index (κ3) is 10.0. The van der Waals surface area contributed by atoms with E-state index < -0.39 is 12.2 Å². The maximum absolute atomic E-state index is 12.6. The van der Waals surface area contributed by atoms with Crippen LogP contribution >= 0.6 is 0 Å². The van der Waals surface area contributed by atoms with Crippen molar-refractivity contribution in [3.63, 3.8) is 0 Å². The normalized spacial score (nSPS) is 17.3. The number of ether oxygens (including phenoxy) is 2. The van der Waals surface area contributed by atoms with Crippen molar-refractivity contribution in [2.45, 2.75) is 25.0 Å². The first kappa shape index (κ1) is 33.4. The summed E-state index contributed by atoms with van der Waals surface area (Å²) in [4.78, 5) is 33.6. The molecule has 0 bridgehead atoms. The van der Waals surface area contributed by atoms with Gasteiger partial charge in [-0.05, 0) is 61.4 Å². The Bertz CT molecular complexity index is 1240. The molecule has 46 heavy (non-hydrogen) atoms. The molecule has 3 aromatic rings. The Hall–Kier alpha value is -3.96. The molecule has 2 fully saturated rings. The van der Waals surface area contributed by atoms with E-state index in [-0.39, 0.29) is 25.0 Å². The van der Waals surface area contributed by atoms with Crippen molar-refractivity contribution in [2.75, 3.05) is 78.7 Å². The minimum Gasteiger partial charge on any atom is -0.491 e. The highest BCUT2D eigenvalue weighted by Crippen LogP contribution is 2.19. The molecule has 0 aliphatic carbocycles. The van der Waals surface area contributed by atoms with Crippen LogP contribution in [-0.2, 0) is 0 Å². The lowest BCUT2D eigenvalue weighted by molar-refractivity contribution is 0.0559. The number of piperazine rings is 2. The Morgan fingerprint density at radius 3 is 1.24 bits per heavy atom. The smallest absolute Gasteiger partial charge is 0.253 e. The van der Waals surface area contributed by atoms with Crippen LogP contribution in [0.3, 0.4) is 0 Å². The number of amides is 2. The van der Waals surface area contributed by atoms with Crippen molar-refractivity contribution < 1.29 is 29.3 Å². The molecular formula is C36H46N4O6. The van der Waals surface area contributed by atoms with Crippen LogP contribution in [-0.4, -0.2) is 132 Å². The summed E-state index contributed by atoms with van der Waals surface area (Å²) in [6.07, 6.45) is -0.00906. The summed E-state index contributed by atoms with van der Waals surface area (Å²) >= 11 is 0. The molecule has 0 aromatic heterocycles. The molecule has 0 radical (unpaired) electrons. The molecule has 2 N–H and O–H groups in total. The lowest BCUT2D eigenvalue weighted by atomic mass is 10.1. The van der Waals surface area contributed by atoms with Gasteiger partial charge in [0, 0.05) is 76.6 Å². The summed E-state index contributed by atoms with van der Waals surface area (Å²) in [5.74, 6) is 1.43. The first-order valence-corrected chi connectivity index (χ1v) is 16.3. The number of benzene rings is 3. The molecule has 3 aromatic carbocycles. The lowest BCUT2D eigenvalue weighted by Crippen LogP contribution is -2.49. The summed E-state index contributed by atoms with van der Waals surface area (Å²) in [6.45, 7) is 7.77. The number of aliphatic hydroxyl groups excluding tert-OH is 2. The quantitative estimate of drug-likeness (QED) is 0.280. The predicted octanol–water partition coefficient (Wildman–Crippen LogP) is 2.86. The average molecular weight is 631 g/mol. The fraction of sp³-hybridized carbons (Fsp3) is 0.444. The topological polar surface area (TPSA) is 106 Å². The van der Waals surface area contributed by atoms with E-state index in [1.54, 1.807) is 24.3 Å². The highest BCUT2D eigenvalue weighted by molar-refractivity contribution is 5.94. The van der Waals surface area contributed by atoms with Crippen LogP contribution in [0.5, 0.6) is 11.5 Å². The van der Waals surface area contributed by atoms with Crippen molar-refractivity contribution in [1.29, 1.82) is 0 Å². The second-order valence-corrected chi connectivity index (χ2v) is 12.0. The zero-order valence-electron chi connectivity index (χ0n) is 26.5. The molecule has 0 saturated carbocycles. The van der Waals surface area contributed by atoms with E-state index in [2.05, 4.69) is 9.80 Å². The average Bonchev–Trinajstić information content (AvgIpc) is 3.12. The van der Waals surface area contributed by atoms with Gasteiger partial charge in [0.15, 0.2) is 0 Å². The molecule has 2 atom stereocenters. The maximum atomic E-state index is 12.6. The van der Waals surface area contributed by atoms with E-state index in [0.29, 0.717) is 50.5 Å². The molecule has 2 aliphatic heterocycles. The van der Waals surface area contributed by atoms with Crippen molar-refractivity contribution in [2.24, 2.45) is 0 Å². The third-order valence-corrected chi connectivity index (χ3v) is 8.63. The molecule has 2 aliphatic rings. The monoisotopic (exact) mass is 630 g/mol. The SMILES string of the molecule is O=C(c1ccccc1)N1CCN(CC[C@H](O)COc2ccc(OC[C@@H](O)CCN3CCN(C(=O)c4ccccc4)CC3)cc2)CC1. The molecule has 246 valence electrons. The maximum Gasteiger partial charge on any atom is 0.253 e. The third-order valence-electron chi connectivity index (χ3n) is 8.63. The number of carbonyl (C=O) groups excluding carboxylic acids is 2. The first-order chi connectivity index (χ1) is 22.4. The zero-order valence-corrected chi connectivity index (χ0v) is 26.5. The fourth-order valence-corrected chi connectivity index (χ4v) is 5.72. The van der Waals surface area contributed by atoms with Crippen molar-refractivity contribution >= 4 is 11.8 Å². The van der Waals surface area contributed by atoms with Crippen molar-refractivity contribution in [3.05, 3.63) is 96.1 Å². The van der Waals surface area contributed by atoms with Crippen LogP contribution in [0.1, 0.15) is 33.6 Å². The number of carbonyl (C=O) groups is 2. The molecule has 0 spiro atoms. The number of nitrogens with zero attached hydrogens (tertiary/aromatic N) is 4. The fourth-order valence-electron chi connectivity index (χ4n) is 5.72. The Morgan fingerprint density at radius 2 is 0.891 bits per heavy atom. The Kier molecular flexibility index (Phi) is 12.4. The van der Waals surface area contributed by atoms with Gasteiger partial charge in [-0.25, -0.2) is 0 Å². The van der Waals surface area contributed by atoms with Gasteiger partial charge < -0.3 is 29.5 Å². The van der Waals surface area contributed by atoms with Crippen LogP contribution in [0.4, 0.5) is 0 Å². The van der Waals surface area contributed by atoms with Crippen molar-refractivity contribution in [1.82, 2.24) is 19.6 Å². The Balaban J connectivity index is 0.912. The van der Waals surface area contributed by atoms with E-state index in [9.17, 15) is 19.8 Å². The molecule has 10 heteroatoms. The second kappa shape index (κ2) is 17.1. The summed E-state index contributed by atoms with van der Waals surface area (Å²) in [5, 5.41) is 20.9. The number of hydrogen-bond acceptors (Lipinski definition) is 8. The van der Waals surface area contributed by atoms with Gasteiger partial charge in [0.1, 0.15) is 24.7 Å². The van der Waals surface area contributed by atoms with Gasteiger partial charge in [0.2, 0.25) is 0 Å². The van der Waals surface area contributed by atoms with E-state index in [4.69, 9.17) is 9.47 Å². The molecule has 2 heterocycles. The molecular weight excluding hydrogens is 584 g/mol. The minimum absolute atomic E-state index is 0.0707. The lowest BCUT2D eigenvalue weighted by Gasteiger charge is -2.35. The van der Waals surface area contributed by atoms with Crippen LogP contribution in [0.25, 0.3) is 0 Å². The largest absolute Gasteiger partial charge is 0.491 e. The van der Waals surface area contributed by atoms with E-state index in [0.717, 1.165) is 50.4 Å². The minimum atomic E-state index is -0.595. The second-order valence-electron chi connectivity index (χ2n) is 12.0. The van der Waals surface area contributed by atoms with Crippen LogP contribution < -0.4 is 9.47 Å². The van der Waals surface area contributed by atoms with Gasteiger partial charge in [0.05, 0.1) is 12.2 Å². The van der Waals surface area contributed by atoms with Gasteiger partial charge >= 0.3 is 0 Å². The van der Waals surface area contributed by atoms with E-state index in [1.807, 2.05) is 70.5 Å². The number of rotatable bonds is 14. The molecule has 0 unspecified atom stereocenters. The molecule has 10 nitrogen and oxygen atoms in total. The number of hydrogen-bond donors (Lipinski definition) is 2. The highest BCUT2D eigenvalue weighted by atomic mass is 16.5. The van der Waals surface area contributed by atoms with Gasteiger partial charge in [0.25, 0.3) is 11.8 Å². The van der Waals surface area contributed by atoms with Gasteiger partial charge in [-0.2, -0.15) is 0 Å². The summed E-state index contributed by atoms with van der Waals surface area (Å²) in [6, 6.07) is 25.9. The Labute approximate surface area is 271 Å². The Morgan fingerprint density at radius 1 is 0.543 bits per heavy atom. The highest BCUT2D eigenvalue weighted by Gasteiger charge is 2.23. The van der Waals surface area contributed by atoms with E-state index in [1.165, 1.54) is 0 Å². The van der Waals surface area contributed by atoms with Crippen LogP contribution in [0, 0.1) is 0 Å². The molecule has 2 amide bonds. The molecule has 5 rings (SSSR count). The summed E-state index contributed by atoms with van der Waals surface area (Å²) in [5.41, 5.74) is 1.44. The van der Waals surface area contributed by atoms with E-state index >= 15 is 0 Å². The summed E-state index contributed by atoms with van der Waals surface area (Å²) < 4.78 is 11.6. The predicted molar refractivity (Wildman–Crippen MR) is 176 cm³/mol. The molecule has 2 saturated heterocycles. The van der Waals surface area contributed by atoms with Crippen LogP contribution in [0.15, 0.2) is 84.9 Å². The van der Waals surface area contributed by atoms with Gasteiger partial charge in [-0.1, -0.05) is 36.4 Å². The van der Waals surface area contributed by atoms with Gasteiger partial charge in [-0.15, -0.1) is 0 Å². The standard InChI is InChI=1S/C36H46N4O6/c41-31(15-17-37-19-23-39(24-20-37)35(43)29-7-3-1-4-8-29)27-45-33-11-13-34(14-12-33)46-28-32(42)16-18-38-21-25-40(26-22-38)36(44)30-9-5-2-6-10-30/h1-14,31-32,41-42H,15-28H2/t31-,32-/m0/s1. The van der Waals surface area contributed by atoms with Gasteiger partial charge in [-0.3, -0.25) is 19.4 Å². The summed E-state index contributed by atoms with van der Waals surface area (Å²) in [7, 11) is 0. The van der Waals surface area contributed by atoms with Crippen LogP contribution in [0.2, 0.25) is 0 Å².